The molecule has 28 heavy (non-hydrogen) atoms. The molecular weight excluding hydrogens is 489 g/mol. The van der Waals surface area contributed by atoms with Crippen LogP contribution in [0.2, 0.25) is 15.1 Å². The molecular formula is C18H16Cl6N2O2. The van der Waals surface area contributed by atoms with Crippen LogP contribution in [0.3, 0.4) is 0 Å². The van der Waals surface area contributed by atoms with Gasteiger partial charge in [-0.15, -0.1) is 16.9 Å². The molecule has 0 saturated heterocycles. The van der Waals surface area contributed by atoms with E-state index in [1.165, 1.54) is 18.2 Å². The number of benzene rings is 2. The van der Waals surface area contributed by atoms with Crippen molar-refractivity contribution in [2.24, 2.45) is 0 Å². The van der Waals surface area contributed by atoms with Gasteiger partial charge >= 0.3 is 0 Å². The van der Waals surface area contributed by atoms with Crippen LogP contribution >= 0.6 is 70.8 Å². The molecule has 2 aromatic carbocycles. The minimum absolute atomic E-state index is 0. The standard InChI is InChI=1S/C18H15Cl5N2O2.ClH/c1-18(2,10-16(26)11-3-5-12(19)6-4-11)25(23)24(22)17(27)14-8-7-13(20)9-15(14)21;/h3-9H,10H2,1-2H3;1H. The van der Waals surface area contributed by atoms with Crippen molar-refractivity contribution in [1.29, 1.82) is 0 Å². The van der Waals surface area contributed by atoms with Gasteiger partial charge in [0, 0.05) is 45.6 Å². The highest BCUT2D eigenvalue weighted by Crippen LogP contribution is 2.30. The Morgan fingerprint density at radius 1 is 0.929 bits per heavy atom. The maximum absolute atomic E-state index is 12.6. The van der Waals surface area contributed by atoms with Gasteiger partial charge in [-0.05, 0) is 56.3 Å². The number of ketones is 1. The molecule has 0 bridgehead atoms. The van der Waals surface area contributed by atoms with Gasteiger partial charge in [0.1, 0.15) is 0 Å². The summed E-state index contributed by atoms with van der Waals surface area (Å²) in [5, 5.41) is 1.05. The number of nitrogens with zero attached hydrogens (tertiary/aromatic N) is 2. The van der Waals surface area contributed by atoms with Crippen molar-refractivity contribution in [2.75, 3.05) is 0 Å². The topological polar surface area (TPSA) is 40.6 Å². The fraction of sp³-hybridized carbons (Fsp3) is 0.222. The van der Waals surface area contributed by atoms with Crippen molar-refractivity contribution in [2.45, 2.75) is 25.8 Å². The predicted octanol–water partition coefficient (Wildman–Crippen LogP) is 7.09. The summed E-state index contributed by atoms with van der Waals surface area (Å²) in [4.78, 5) is 25.1. The Bertz CT molecular complexity index is 858. The van der Waals surface area contributed by atoms with Gasteiger partial charge in [-0.25, -0.2) is 0 Å². The molecule has 0 aromatic heterocycles. The zero-order chi connectivity index (χ0) is 20.4. The quantitative estimate of drug-likeness (QED) is 0.239. The lowest BCUT2D eigenvalue weighted by Gasteiger charge is -2.36. The van der Waals surface area contributed by atoms with Gasteiger partial charge in [0.15, 0.2) is 5.78 Å². The molecule has 0 spiro atoms. The van der Waals surface area contributed by atoms with Crippen LogP contribution in [-0.2, 0) is 0 Å². The molecule has 0 atom stereocenters. The maximum Gasteiger partial charge on any atom is 0.285 e. The molecule has 0 heterocycles. The summed E-state index contributed by atoms with van der Waals surface area (Å²) in [5.74, 6) is -0.829. The summed E-state index contributed by atoms with van der Waals surface area (Å²) in [7, 11) is 0. The van der Waals surface area contributed by atoms with Crippen LogP contribution in [0, 0.1) is 0 Å². The van der Waals surface area contributed by atoms with Crippen molar-refractivity contribution in [3.8, 4) is 0 Å². The molecule has 0 aliphatic rings. The smallest absolute Gasteiger partial charge is 0.285 e. The van der Waals surface area contributed by atoms with Crippen molar-refractivity contribution in [3.63, 3.8) is 0 Å². The first-order valence-electron chi connectivity index (χ1n) is 7.73. The molecule has 2 rings (SSSR count). The number of carbonyl (C=O) groups excluding carboxylic acids is 2. The lowest BCUT2D eigenvalue weighted by Crippen LogP contribution is -2.48. The van der Waals surface area contributed by atoms with E-state index in [0.717, 1.165) is 4.53 Å². The Morgan fingerprint density at radius 3 is 2.00 bits per heavy atom. The van der Waals surface area contributed by atoms with Crippen LogP contribution in [0.5, 0.6) is 0 Å². The molecule has 0 N–H and O–H groups in total. The first kappa shape index (κ1) is 25.3. The van der Waals surface area contributed by atoms with Gasteiger partial charge in [0.2, 0.25) is 0 Å². The highest BCUT2D eigenvalue weighted by Gasteiger charge is 2.36. The minimum atomic E-state index is -0.978. The Balaban J connectivity index is 0.00000392. The summed E-state index contributed by atoms with van der Waals surface area (Å²) in [5.41, 5.74) is -0.374. The Morgan fingerprint density at radius 2 is 1.46 bits per heavy atom. The largest absolute Gasteiger partial charge is 0.294 e. The van der Waals surface area contributed by atoms with Crippen molar-refractivity contribution >= 4 is 82.5 Å². The fourth-order valence-electron chi connectivity index (χ4n) is 2.28. The average Bonchev–Trinajstić information content (AvgIpc) is 2.60. The van der Waals surface area contributed by atoms with E-state index in [1.54, 1.807) is 38.1 Å². The fourth-order valence-corrected chi connectivity index (χ4v) is 3.32. The van der Waals surface area contributed by atoms with Crippen molar-refractivity contribution in [3.05, 3.63) is 68.7 Å². The van der Waals surface area contributed by atoms with E-state index in [9.17, 15) is 9.59 Å². The Hall–Kier alpha value is -0.720. The third-order valence-electron chi connectivity index (χ3n) is 3.74. The van der Waals surface area contributed by atoms with E-state index in [1.807, 2.05) is 0 Å². The number of hydrogen-bond donors (Lipinski definition) is 0. The van der Waals surface area contributed by atoms with Gasteiger partial charge in [-0.1, -0.05) is 34.8 Å². The molecule has 2 aromatic rings. The van der Waals surface area contributed by atoms with Crippen molar-refractivity contribution < 1.29 is 9.59 Å². The molecule has 1 amide bonds. The number of hydrogen-bond acceptors (Lipinski definition) is 3. The zero-order valence-corrected chi connectivity index (χ0v) is 19.4. The first-order valence-corrected chi connectivity index (χ1v) is 9.54. The number of hydrazine groups is 1. The molecule has 0 saturated carbocycles. The number of Topliss-reactive ketones (excluding diaryl/α,β-unsaturated/α-hetero) is 1. The number of carbonyl (C=O) groups is 2. The van der Waals surface area contributed by atoms with Crippen LogP contribution in [0.1, 0.15) is 41.0 Å². The van der Waals surface area contributed by atoms with E-state index in [0.29, 0.717) is 20.1 Å². The van der Waals surface area contributed by atoms with Crippen LogP contribution < -0.4 is 0 Å². The number of rotatable bonds is 6. The van der Waals surface area contributed by atoms with Gasteiger partial charge < -0.3 is 0 Å². The van der Waals surface area contributed by atoms with Crippen molar-refractivity contribution in [1.82, 2.24) is 9.06 Å². The first-order chi connectivity index (χ1) is 12.5. The zero-order valence-electron chi connectivity index (χ0n) is 14.8. The van der Waals surface area contributed by atoms with Crippen LogP contribution in [0.15, 0.2) is 42.5 Å². The lowest BCUT2D eigenvalue weighted by atomic mass is 9.95. The van der Waals surface area contributed by atoms with Gasteiger partial charge in [0.05, 0.1) is 16.1 Å². The van der Waals surface area contributed by atoms with Crippen LogP contribution in [0.25, 0.3) is 0 Å². The highest BCUT2D eigenvalue weighted by molar-refractivity contribution is 6.38. The number of halogens is 6. The molecule has 0 aliphatic carbocycles. The predicted molar refractivity (Wildman–Crippen MR) is 118 cm³/mol. The average molecular weight is 505 g/mol. The van der Waals surface area contributed by atoms with Gasteiger partial charge in [-0.3, -0.25) is 9.59 Å². The lowest BCUT2D eigenvalue weighted by molar-refractivity contribution is 0.0374. The summed E-state index contributed by atoms with van der Waals surface area (Å²) < 4.78 is 1.65. The molecule has 10 heteroatoms. The second-order valence-corrected chi connectivity index (χ2v) is 8.29. The van der Waals surface area contributed by atoms with Crippen LogP contribution in [-0.4, -0.2) is 26.3 Å². The number of amides is 1. The Kier molecular flexibility index (Phi) is 9.36. The second kappa shape index (κ2) is 10.4. The van der Waals surface area contributed by atoms with E-state index < -0.39 is 11.4 Å². The molecule has 0 radical (unpaired) electrons. The van der Waals surface area contributed by atoms with E-state index in [4.69, 9.17) is 58.4 Å². The second-order valence-electron chi connectivity index (χ2n) is 6.37. The van der Waals surface area contributed by atoms with E-state index in [-0.39, 0.29) is 35.2 Å². The summed E-state index contributed by atoms with van der Waals surface area (Å²) in [6.07, 6.45) is 0.00296. The summed E-state index contributed by atoms with van der Waals surface area (Å²) >= 11 is 30.1. The normalized spacial score (nSPS) is 11.1. The molecule has 0 aliphatic heterocycles. The molecule has 152 valence electrons. The highest BCUT2D eigenvalue weighted by atomic mass is 35.5. The molecule has 0 fully saturated rings. The monoisotopic (exact) mass is 502 g/mol. The SMILES string of the molecule is CC(C)(CC(=O)c1ccc(Cl)cc1)N(Cl)N(Cl)C(=O)c1ccc(Cl)cc1Cl.Cl. The van der Waals surface area contributed by atoms with Gasteiger partial charge in [-0.2, -0.15) is 4.53 Å². The van der Waals surface area contributed by atoms with E-state index in [2.05, 4.69) is 0 Å². The minimum Gasteiger partial charge on any atom is -0.294 e. The maximum atomic E-state index is 12.6. The molecule has 0 unspecified atom stereocenters. The molecule has 4 nitrogen and oxygen atoms in total. The summed E-state index contributed by atoms with van der Waals surface area (Å²) in [6, 6.07) is 10.9. The van der Waals surface area contributed by atoms with Gasteiger partial charge in [0.25, 0.3) is 5.91 Å². The third kappa shape index (κ3) is 6.14. The Labute approximate surface area is 194 Å². The summed E-state index contributed by atoms with van der Waals surface area (Å²) in [6.45, 7) is 3.36. The third-order valence-corrected chi connectivity index (χ3v) is 5.53. The van der Waals surface area contributed by atoms with Crippen LogP contribution in [0.4, 0.5) is 0 Å². The van der Waals surface area contributed by atoms with E-state index >= 15 is 0 Å².